The number of benzene rings is 1. The summed E-state index contributed by atoms with van der Waals surface area (Å²) in [5.41, 5.74) is 0.381. The molecule has 1 saturated carbocycles. The molecule has 0 bridgehead atoms. The van der Waals surface area contributed by atoms with E-state index in [1.54, 1.807) is 6.07 Å². The van der Waals surface area contributed by atoms with Crippen molar-refractivity contribution in [3.63, 3.8) is 0 Å². The molecule has 1 aliphatic carbocycles. The lowest BCUT2D eigenvalue weighted by atomic mass is 9.93. The Kier molecular flexibility index (Phi) is 3.72. The highest BCUT2D eigenvalue weighted by molar-refractivity contribution is 6.33. The van der Waals surface area contributed by atoms with Crippen LogP contribution in [0.15, 0.2) is 18.2 Å². The molecule has 0 aromatic heterocycles. The Morgan fingerprint density at radius 2 is 2.06 bits per heavy atom. The molecule has 0 saturated heterocycles. The third-order valence-corrected chi connectivity index (χ3v) is 3.22. The van der Waals surface area contributed by atoms with E-state index in [-0.39, 0.29) is 22.7 Å². The van der Waals surface area contributed by atoms with Crippen molar-refractivity contribution in [2.75, 3.05) is 5.32 Å². The predicted octanol–water partition coefficient (Wildman–Crippen LogP) is 2.71. The van der Waals surface area contributed by atoms with Crippen LogP contribution in [0, 0.1) is 0 Å². The molecule has 1 aromatic rings. The van der Waals surface area contributed by atoms with Crippen molar-refractivity contribution in [1.82, 2.24) is 5.32 Å². The van der Waals surface area contributed by atoms with Gasteiger partial charge in [0.25, 0.3) is 0 Å². The smallest absolute Gasteiger partial charge is 0.337 e. The predicted molar refractivity (Wildman–Crippen MR) is 68.2 cm³/mol. The minimum Gasteiger partial charge on any atom is -0.478 e. The van der Waals surface area contributed by atoms with Crippen molar-refractivity contribution in [1.29, 1.82) is 0 Å². The monoisotopic (exact) mass is 268 g/mol. The summed E-state index contributed by atoms with van der Waals surface area (Å²) in [7, 11) is 0. The lowest BCUT2D eigenvalue weighted by Gasteiger charge is -2.26. The maximum atomic E-state index is 11.6. The van der Waals surface area contributed by atoms with E-state index in [1.165, 1.54) is 12.1 Å². The average Bonchev–Trinajstić information content (AvgIpc) is 2.26. The highest BCUT2D eigenvalue weighted by Gasteiger charge is 2.19. The molecule has 1 aliphatic rings. The van der Waals surface area contributed by atoms with Crippen molar-refractivity contribution >= 4 is 29.3 Å². The fraction of sp³-hybridized carbons (Fsp3) is 0.333. The summed E-state index contributed by atoms with van der Waals surface area (Å²) in [6.45, 7) is 0. The van der Waals surface area contributed by atoms with E-state index in [9.17, 15) is 9.59 Å². The Morgan fingerprint density at radius 1 is 1.33 bits per heavy atom. The van der Waals surface area contributed by atoms with Gasteiger partial charge in [-0.25, -0.2) is 9.59 Å². The van der Waals surface area contributed by atoms with Gasteiger partial charge in [0.05, 0.1) is 10.6 Å². The van der Waals surface area contributed by atoms with Gasteiger partial charge >= 0.3 is 12.0 Å². The normalized spacial score (nSPS) is 14.7. The molecule has 1 aromatic carbocycles. The molecule has 0 unspecified atom stereocenters. The summed E-state index contributed by atoms with van der Waals surface area (Å²) in [6, 6.07) is 4.26. The molecule has 2 rings (SSSR count). The molecule has 3 N–H and O–H groups in total. The van der Waals surface area contributed by atoms with Gasteiger partial charge < -0.3 is 15.7 Å². The second kappa shape index (κ2) is 5.27. The summed E-state index contributed by atoms with van der Waals surface area (Å²) >= 11 is 5.73. The highest BCUT2D eigenvalue weighted by Crippen LogP contribution is 2.21. The molecule has 2 amide bonds. The van der Waals surface area contributed by atoms with Crippen LogP contribution in [0.3, 0.4) is 0 Å². The zero-order valence-corrected chi connectivity index (χ0v) is 10.3. The van der Waals surface area contributed by atoms with Gasteiger partial charge in [0.2, 0.25) is 0 Å². The van der Waals surface area contributed by atoms with E-state index >= 15 is 0 Å². The fourth-order valence-electron chi connectivity index (χ4n) is 1.67. The van der Waals surface area contributed by atoms with E-state index in [0.717, 1.165) is 19.3 Å². The van der Waals surface area contributed by atoms with Gasteiger partial charge in [0, 0.05) is 11.7 Å². The maximum absolute atomic E-state index is 11.6. The molecule has 1 fully saturated rings. The summed E-state index contributed by atoms with van der Waals surface area (Å²) in [5.74, 6) is -1.12. The van der Waals surface area contributed by atoms with Crippen LogP contribution in [0.5, 0.6) is 0 Å². The number of amides is 2. The minimum atomic E-state index is -1.12. The summed E-state index contributed by atoms with van der Waals surface area (Å²) in [4.78, 5) is 22.5. The summed E-state index contributed by atoms with van der Waals surface area (Å²) in [6.07, 6.45) is 3.12. The number of anilines is 1. The van der Waals surface area contributed by atoms with Crippen LogP contribution in [-0.4, -0.2) is 23.1 Å². The fourth-order valence-corrected chi connectivity index (χ4v) is 1.87. The molecule has 18 heavy (non-hydrogen) atoms. The molecule has 5 nitrogen and oxygen atoms in total. The number of carboxylic acids is 1. The van der Waals surface area contributed by atoms with Crippen LogP contribution in [0.2, 0.25) is 5.02 Å². The van der Waals surface area contributed by atoms with Crippen LogP contribution >= 0.6 is 11.6 Å². The lowest BCUT2D eigenvalue weighted by molar-refractivity contribution is 0.0697. The first-order valence-electron chi connectivity index (χ1n) is 5.66. The lowest BCUT2D eigenvalue weighted by Crippen LogP contribution is -2.41. The van der Waals surface area contributed by atoms with Crippen LogP contribution in [0.4, 0.5) is 10.5 Å². The number of rotatable bonds is 3. The van der Waals surface area contributed by atoms with Crippen molar-refractivity contribution in [3.05, 3.63) is 28.8 Å². The third kappa shape index (κ3) is 2.92. The topological polar surface area (TPSA) is 78.4 Å². The van der Waals surface area contributed by atoms with Gasteiger partial charge in [-0.2, -0.15) is 0 Å². The Hall–Kier alpha value is -1.75. The molecule has 96 valence electrons. The van der Waals surface area contributed by atoms with Gasteiger partial charge in [-0.15, -0.1) is 0 Å². The zero-order chi connectivity index (χ0) is 13.1. The first-order valence-corrected chi connectivity index (χ1v) is 6.04. The van der Waals surface area contributed by atoms with Crippen LogP contribution < -0.4 is 10.6 Å². The first-order chi connectivity index (χ1) is 8.56. The minimum absolute atomic E-state index is 0.0295. The van der Waals surface area contributed by atoms with Crippen molar-refractivity contribution in [2.24, 2.45) is 0 Å². The molecule has 0 heterocycles. The van der Waals surface area contributed by atoms with Crippen LogP contribution in [-0.2, 0) is 0 Å². The van der Waals surface area contributed by atoms with Gasteiger partial charge in [-0.1, -0.05) is 11.6 Å². The van der Waals surface area contributed by atoms with E-state index < -0.39 is 5.97 Å². The second-order valence-electron chi connectivity index (χ2n) is 4.23. The molecular formula is C12H13ClN2O3. The Balaban J connectivity index is 2.02. The second-order valence-corrected chi connectivity index (χ2v) is 4.63. The SMILES string of the molecule is O=C(Nc1ccc(Cl)c(C(=O)O)c1)NC1CCC1. The summed E-state index contributed by atoms with van der Waals surface area (Å²) in [5, 5.41) is 14.4. The van der Waals surface area contributed by atoms with Crippen molar-refractivity contribution < 1.29 is 14.7 Å². The summed E-state index contributed by atoms with van der Waals surface area (Å²) < 4.78 is 0. The number of hydrogen-bond donors (Lipinski definition) is 3. The van der Waals surface area contributed by atoms with E-state index in [4.69, 9.17) is 16.7 Å². The number of halogens is 1. The maximum Gasteiger partial charge on any atom is 0.337 e. The van der Waals surface area contributed by atoms with Gasteiger partial charge in [0.15, 0.2) is 0 Å². The standard InChI is InChI=1S/C12H13ClN2O3/c13-10-5-4-8(6-9(10)11(16)17)15-12(18)14-7-2-1-3-7/h4-7H,1-3H2,(H,16,17)(H2,14,15,18). The van der Waals surface area contributed by atoms with E-state index in [2.05, 4.69) is 10.6 Å². The number of carbonyl (C=O) groups excluding carboxylic acids is 1. The zero-order valence-electron chi connectivity index (χ0n) is 9.57. The number of urea groups is 1. The van der Waals surface area contributed by atoms with Gasteiger partial charge in [-0.05, 0) is 37.5 Å². The van der Waals surface area contributed by atoms with Gasteiger partial charge in [0.1, 0.15) is 0 Å². The Labute approximate surface area is 109 Å². The van der Waals surface area contributed by atoms with Crippen LogP contribution in [0.25, 0.3) is 0 Å². The third-order valence-electron chi connectivity index (χ3n) is 2.90. The molecule has 0 atom stereocenters. The van der Waals surface area contributed by atoms with Crippen molar-refractivity contribution in [2.45, 2.75) is 25.3 Å². The van der Waals surface area contributed by atoms with Crippen molar-refractivity contribution in [3.8, 4) is 0 Å². The van der Waals surface area contributed by atoms with Crippen LogP contribution in [0.1, 0.15) is 29.6 Å². The first kappa shape index (κ1) is 12.7. The number of carboxylic acid groups (broad SMARTS) is 1. The van der Waals surface area contributed by atoms with Gasteiger partial charge in [-0.3, -0.25) is 0 Å². The Bertz CT molecular complexity index is 486. The molecule has 6 heteroatoms. The number of aromatic carboxylic acids is 1. The molecule has 0 spiro atoms. The van der Waals surface area contributed by atoms with E-state index in [1.807, 2.05) is 0 Å². The Morgan fingerprint density at radius 3 is 2.61 bits per heavy atom. The number of carbonyl (C=O) groups is 2. The largest absolute Gasteiger partial charge is 0.478 e. The molecule has 0 aliphatic heterocycles. The molecular weight excluding hydrogens is 256 g/mol. The number of hydrogen-bond acceptors (Lipinski definition) is 2. The van der Waals surface area contributed by atoms with E-state index in [0.29, 0.717) is 5.69 Å². The average molecular weight is 269 g/mol. The quantitative estimate of drug-likeness (QED) is 0.789. The molecule has 0 radical (unpaired) electrons. The number of nitrogens with one attached hydrogen (secondary N) is 2. The highest BCUT2D eigenvalue weighted by atomic mass is 35.5.